The van der Waals surface area contributed by atoms with Crippen molar-refractivity contribution in [2.45, 2.75) is 53.4 Å². The molecule has 0 aromatic rings. The van der Waals surface area contributed by atoms with Gasteiger partial charge in [-0.2, -0.15) is 0 Å². The van der Waals surface area contributed by atoms with E-state index in [9.17, 15) is 0 Å². The molecular formula is C13H25N. The Morgan fingerprint density at radius 2 is 1.86 bits per heavy atom. The molecule has 1 aliphatic carbocycles. The van der Waals surface area contributed by atoms with Gasteiger partial charge in [-0.05, 0) is 46.1 Å². The fourth-order valence-electron chi connectivity index (χ4n) is 2.76. The Morgan fingerprint density at radius 1 is 1.14 bits per heavy atom. The minimum absolute atomic E-state index is 0.572. The fourth-order valence-corrected chi connectivity index (χ4v) is 2.76. The molecule has 1 fully saturated rings. The molecule has 0 aromatic carbocycles. The molecule has 1 heterocycles. The first-order valence-electron chi connectivity index (χ1n) is 6.12. The van der Waals surface area contributed by atoms with Gasteiger partial charge in [-0.25, -0.2) is 0 Å². The zero-order chi connectivity index (χ0) is 10.6. The summed E-state index contributed by atoms with van der Waals surface area (Å²) in [5.74, 6) is 0. The molecule has 1 atom stereocenters. The van der Waals surface area contributed by atoms with Crippen molar-refractivity contribution in [3.63, 3.8) is 0 Å². The second kappa shape index (κ2) is 4.97. The standard InChI is InChI=1S/C11H19N.C2H6/c1-9-4-6-11(10(9)2)5-3-7-12-8-11;1-2/h12H,3-8H2,1-2H3;1-2H3. The van der Waals surface area contributed by atoms with Crippen LogP contribution in [0.15, 0.2) is 11.1 Å². The lowest BCUT2D eigenvalue weighted by Gasteiger charge is -2.35. The monoisotopic (exact) mass is 195 g/mol. The van der Waals surface area contributed by atoms with Crippen LogP contribution in [0.4, 0.5) is 0 Å². The number of nitrogens with one attached hydrogen (secondary N) is 1. The van der Waals surface area contributed by atoms with Crippen LogP contribution in [-0.2, 0) is 0 Å². The third-order valence-electron chi connectivity index (χ3n) is 3.89. The summed E-state index contributed by atoms with van der Waals surface area (Å²) in [6.45, 7) is 11.1. The van der Waals surface area contributed by atoms with Gasteiger partial charge in [0.2, 0.25) is 0 Å². The predicted octanol–water partition coefficient (Wildman–Crippen LogP) is 3.51. The van der Waals surface area contributed by atoms with Gasteiger partial charge in [0.05, 0.1) is 0 Å². The molecule has 0 saturated carbocycles. The van der Waals surface area contributed by atoms with Gasteiger partial charge in [0, 0.05) is 12.0 Å². The van der Waals surface area contributed by atoms with Gasteiger partial charge in [-0.1, -0.05) is 25.0 Å². The van der Waals surface area contributed by atoms with Crippen molar-refractivity contribution in [1.82, 2.24) is 5.32 Å². The van der Waals surface area contributed by atoms with Crippen molar-refractivity contribution in [1.29, 1.82) is 0 Å². The normalized spacial score (nSPS) is 31.7. The van der Waals surface area contributed by atoms with Crippen LogP contribution < -0.4 is 5.32 Å². The first-order valence-corrected chi connectivity index (χ1v) is 6.12. The Hall–Kier alpha value is -0.300. The van der Waals surface area contributed by atoms with E-state index in [1.54, 1.807) is 11.1 Å². The van der Waals surface area contributed by atoms with E-state index < -0.39 is 0 Å². The van der Waals surface area contributed by atoms with Gasteiger partial charge in [0.1, 0.15) is 0 Å². The highest BCUT2D eigenvalue weighted by Gasteiger charge is 2.37. The Kier molecular flexibility index (Phi) is 4.18. The summed E-state index contributed by atoms with van der Waals surface area (Å²) in [6.07, 6.45) is 5.53. The molecule has 0 radical (unpaired) electrons. The quantitative estimate of drug-likeness (QED) is 0.583. The second-order valence-corrected chi connectivity index (χ2v) is 4.47. The Labute approximate surface area is 89.0 Å². The van der Waals surface area contributed by atoms with Gasteiger partial charge in [0.25, 0.3) is 0 Å². The van der Waals surface area contributed by atoms with Crippen molar-refractivity contribution in [2.24, 2.45) is 5.41 Å². The fraction of sp³-hybridized carbons (Fsp3) is 0.846. The van der Waals surface area contributed by atoms with Crippen LogP contribution in [0.5, 0.6) is 0 Å². The molecule has 2 aliphatic rings. The average Bonchev–Trinajstić information content (AvgIpc) is 2.52. The molecule has 1 aliphatic heterocycles. The van der Waals surface area contributed by atoms with Gasteiger partial charge in [0.15, 0.2) is 0 Å². The minimum atomic E-state index is 0.572. The van der Waals surface area contributed by atoms with Gasteiger partial charge in [-0.3, -0.25) is 0 Å². The third kappa shape index (κ3) is 2.03. The largest absolute Gasteiger partial charge is 0.316 e. The molecule has 1 nitrogen and oxygen atoms in total. The first-order chi connectivity index (χ1) is 6.75. The van der Waals surface area contributed by atoms with Gasteiger partial charge < -0.3 is 5.32 Å². The first kappa shape index (κ1) is 11.8. The Bertz CT molecular complexity index is 209. The van der Waals surface area contributed by atoms with Gasteiger partial charge in [-0.15, -0.1) is 0 Å². The van der Waals surface area contributed by atoms with Crippen molar-refractivity contribution >= 4 is 0 Å². The molecule has 0 aromatic heterocycles. The van der Waals surface area contributed by atoms with E-state index in [0.717, 1.165) is 0 Å². The van der Waals surface area contributed by atoms with E-state index in [1.807, 2.05) is 13.8 Å². The summed E-state index contributed by atoms with van der Waals surface area (Å²) in [6, 6.07) is 0. The molecule has 1 unspecified atom stereocenters. The van der Waals surface area contributed by atoms with Crippen LogP contribution >= 0.6 is 0 Å². The summed E-state index contributed by atoms with van der Waals surface area (Å²) >= 11 is 0. The van der Waals surface area contributed by atoms with Crippen molar-refractivity contribution in [2.75, 3.05) is 13.1 Å². The zero-order valence-corrected chi connectivity index (χ0v) is 10.2. The van der Waals surface area contributed by atoms with Crippen LogP contribution in [0, 0.1) is 5.41 Å². The van der Waals surface area contributed by atoms with Crippen LogP contribution in [-0.4, -0.2) is 13.1 Å². The molecule has 1 spiro atoms. The van der Waals surface area contributed by atoms with Crippen molar-refractivity contribution in [3.05, 3.63) is 11.1 Å². The lowest BCUT2D eigenvalue weighted by molar-refractivity contribution is 0.258. The van der Waals surface area contributed by atoms with Crippen LogP contribution in [0.2, 0.25) is 0 Å². The third-order valence-corrected chi connectivity index (χ3v) is 3.89. The number of allylic oxidation sites excluding steroid dienone is 1. The Morgan fingerprint density at radius 3 is 2.29 bits per heavy atom. The number of hydrogen-bond donors (Lipinski definition) is 1. The molecule has 0 amide bonds. The smallest absolute Gasteiger partial charge is 0.00453 e. The summed E-state index contributed by atoms with van der Waals surface area (Å²) in [5, 5.41) is 3.53. The molecule has 1 N–H and O–H groups in total. The van der Waals surface area contributed by atoms with E-state index in [1.165, 1.54) is 38.8 Å². The van der Waals surface area contributed by atoms with Crippen molar-refractivity contribution in [3.8, 4) is 0 Å². The van der Waals surface area contributed by atoms with E-state index in [-0.39, 0.29) is 0 Å². The number of piperidine rings is 1. The lowest BCUT2D eigenvalue weighted by Crippen LogP contribution is -2.39. The zero-order valence-electron chi connectivity index (χ0n) is 10.2. The number of hydrogen-bond acceptors (Lipinski definition) is 1. The summed E-state index contributed by atoms with van der Waals surface area (Å²) in [5.41, 5.74) is 3.91. The molecule has 0 bridgehead atoms. The molecule has 2 rings (SSSR count). The maximum Gasteiger partial charge on any atom is 0.00453 e. The summed E-state index contributed by atoms with van der Waals surface area (Å²) in [7, 11) is 0. The number of rotatable bonds is 0. The van der Waals surface area contributed by atoms with E-state index in [2.05, 4.69) is 19.2 Å². The van der Waals surface area contributed by atoms with Gasteiger partial charge >= 0.3 is 0 Å². The highest BCUT2D eigenvalue weighted by atomic mass is 14.9. The molecule has 1 heteroatoms. The van der Waals surface area contributed by atoms with E-state index in [0.29, 0.717) is 5.41 Å². The Balaban J connectivity index is 0.000000461. The van der Waals surface area contributed by atoms with Crippen LogP contribution in [0.25, 0.3) is 0 Å². The second-order valence-electron chi connectivity index (χ2n) is 4.47. The predicted molar refractivity (Wildman–Crippen MR) is 63.5 cm³/mol. The van der Waals surface area contributed by atoms with Crippen molar-refractivity contribution < 1.29 is 0 Å². The highest BCUT2D eigenvalue weighted by molar-refractivity contribution is 5.26. The topological polar surface area (TPSA) is 12.0 Å². The molecule has 82 valence electrons. The lowest BCUT2D eigenvalue weighted by atomic mass is 9.75. The maximum atomic E-state index is 3.53. The van der Waals surface area contributed by atoms with Crippen LogP contribution in [0.3, 0.4) is 0 Å². The SMILES string of the molecule is CC.CC1=C(C)C2(CCCNC2)CC1. The van der Waals surface area contributed by atoms with Crippen LogP contribution in [0.1, 0.15) is 53.4 Å². The minimum Gasteiger partial charge on any atom is -0.316 e. The average molecular weight is 195 g/mol. The summed E-state index contributed by atoms with van der Waals surface area (Å²) < 4.78 is 0. The van der Waals surface area contributed by atoms with E-state index in [4.69, 9.17) is 0 Å². The highest BCUT2D eigenvalue weighted by Crippen LogP contribution is 2.46. The van der Waals surface area contributed by atoms with E-state index >= 15 is 0 Å². The molecule has 1 saturated heterocycles. The molecule has 14 heavy (non-hydrogen) atoms. The molecular weight excluding hydrogens is 170 g/mol. The maximum absolute atomic E-state index is 3.53. The summed E-state index contributed by atoms with van der Waals surface area (Å²) in [4.78, 5) is 0.